The van der Waals surface area contributed by atoms with Crippen molar-refractivity contribution in [2.75, 3.05) is 45.9 Å². The van der Waals surface area contributed by atoms with Crippen molar-refractivity contribution >= 4 is 24.2 Å². The number of unbranched alkanes of at least 4 members (excludes halogenated alkanes) is 17. The average molecular weight is 1120 g/mol. The van der Waals surface area contributed by atoms with Gasteiger partial charge in [0, 0.05) is 56.5 Å². The fraction of sp³-hybridized carbons (Fsp3) is 0.759. The summed E-state index contributed by atoms with van der Waals surface area (Å²) in [4.78, 5) is 51.9. The molecule has 2 unspecified atom stereocenters. The monoisotopic (exact) mass is 1120 g/mol. The van der Waals surface area contributed by atoms with Crippen molar-refractivity contribution in [3.63, 3.8) is 0 Å². The van der Waals surface area contributed by atoms with Crippen LogP contribution < -0.4 is 0 Å². The minimum absolute atomic E-state index is 0. The summed E-state index contributed by atoms with van der Waals surface area (Å²) in [6.45, 7) is 14.3. The van der Waals surface area contributed by atoms with Gasteiger partial charge in [-0.15, -0.1) is 0 Å². The van der Waals surface area contributed by atoms with Crippen LogP contribution in [0.1, 0.15) is 206 Å². The van der Waals surface area contributed by atoms with Crippen LogP contribution in [0.4, 0.5) is 0 Å². The van der Waals surface area contributed by atoms with E-state index in [-0.39, 0.29) is 68.5 Å². The van der Waals surface area contributed by atoms with Gasteiger partial charge in [-0.3, -0.25) is 27.6 Å². The summed E-state index contributed by atoms with van der Waals surface area (Å²) in [6, 6.07) is 0. The van der Waals surface area contributed by atoms with Crippen LogP contribution >= 0.6 is 0 Å². The first-order chi connectivity index (χ1) is 30.9. The zero-order valence-electron chi connectivity index (χ0n) is 40.9. The number of rotatable bonds is 41. The molecule has 2 rings (SSSR count). The summed E-state index contributed by atoms with van der Waals surface area (Å²) in [5.74, 6) is -1.09. The molecular weight excluding hydrogens is 1030 g/mol. The Morgan fingerprint density at radius 2 is 0.938 bits per heavy atom. The average Bonchev–Trinajstić information content (AvgIpc) is 3.24. The molecule has 0 amide bonds. The molecule has 9 nitrogen and oxygen atoms in total. The number of nitrogens with zero attached hydrogens (tertiary/aromatic N) is 2. The third-order valence-electron chi connectivity index (χ3n) is 11.6. The van der Waals surface area contributed by atoms with Crippen LogP contribution in [0.3, 0.4) is 0 Å². The van der Waals surface area contributed by atoms with E-state index < -0.39 is 12.2 Å². The molecule has 64 heavy (non-hydrogen) atoms. The summed E-state index contributed by atoms with van der Waals surface area (Å²) in [5.41, 5.74) is 0. The van der Waals surface area contributed by atoms with Crippen molar-refractivity contribution in [3.8, 4) is 0 Å². The first-order valence-corrected chi connectivity index (χ1v) is 25.7. The molecule has 2 saturated heterocycles. The Balaban J connectivity index is 0.00000167. The molecule has 366 valence electrons. The molecule has 0 N–H and O–H groups in total. The molecule has 2 aliphatic rings. The van der Waals surface area contributed by atoms with Crippen LogP contribution in [0.25, 0.3) is 0 Å². The smallest absolute Gasteiger partial charge is 0.306 e. The quantitative estimate of drug-likeness (QED) is 0.0195. The van der Waals surface area contributed by atoms with Gasteiger partial charge in [0.15, 0.2) is 0 Å². The van der Waals surface area contributed by atoms with Crippen molar-refractivity contribution in [3.05, 3.63) is 55.5 Å². The fourth-order valence-corrected chi connectivity index (χ4v) is 7.19. The van der Waals surface area contributed by atoms with Gasteiger partial charge in [-0.25, -0.2) is 0 Å². The Morgan fingerprint density at radius 3 is 1.38 bits per heavy atom. The van der Waals surface area contributed by atoms with Crippen LogP contribution in [0.5, 0.6) is 0 Å². The summed E-state index contributed by atoms with van der Waals surface area (Å²) in [5, 5.41) is 0. The second-order valence-corrected chi connectivity index (χ2v) is 17.4. The van der Waals surface area contributed by atoms with Gasteiger partial charge < -0.3 is 28.8 Å². The molecule has 0 aliphatic carbocycles. The van der Waals surface area contributed by atoms with Crippen molar-refractivity contribution in [2.45, 2.75) is 219 Å². The Morgan fingerprint density at radius 1 is 0.531 bits per heavy atom. The third kappa shape index (κ3) is 40.3. The Kier molecular flexibility index (Phi) is 46.0. The Hall–Kier alpha value is -1.99. The predicted molar refractivity (Wildman–Crippen MR) is 261 cm³/mol. The third-order valence-corrected chi connectivity index (χ3v) is 11.6. The first-order valence-electron chi connectivity index (χ1n) is 25.7. The van der Waals surface area contributed by atoms with Crippen molar-refractivity contribution in [2.24, 2.45) is 0 Å². The SMILES string of the molecule is CCCCC/C=C\C/C=C\CCCCCCC[C-]=O.[CH2-]C(OC(=O)CCCN1CCC1)C(COC(=O)CCCCCCC/C=C\C/C=C\CCCCC)OC(=O)CCCN1CCC1.[U]. The van der Waals surface area contributed by atoms with E-state index in [1.54, 1.807) is 0 Å². The van der Waals surface area contributed by atoms with Crippen LogP contribution in [0.15, 0.2) is 48.6 Å². The molecule has 0 radical (unpaired) electrons. The summed E-state index contributed by atoms with van der Waals surface area (Å²) in [6.07, 6.45) is 49.5. The molecule has 2 heterocycles. The van der Waals surface area contributed by atoms with E-state index in [9.17, 15) is 19.2 Å². The van der Waals surface area contributed by atoms with Crippen molar-refractivity contribution < 1.29 is 64.5 Å². The standard InChI is InChI=1S/C36H61N2O6.C18H31O.U/c1-3-4-5-6-7-8-9-10-11-12-13-14-15-16-17-22-34(39)42-31-33(44-36(41)24-19-26-38-29-21-30-38)32(2)43-35(40)23-18-25-37-27-20-28-37;1-2-3-4-5-6-7-8-9-10-11-12-13-14-15-16-17-18-19;/h7-8,10-11,32-33H,2-6,9,12-31H2,1H3;6-7,9-10H,2-5,8,11-17H2,1H3;/q2*-1;/b8-7-,11-10-;7-6-,10-9-;. The molecule has 2 fully saturated rings. The second kappa shape index (κ2) is 47.5. The largest absolute Gasteiger partial charge is 0.542 e. The molecule has 0 bridgehead atoms. The number of allylic oxidation sites excluding steroid dienone is 8. The summed E-state index contributed by atoms with van der Waals surface area (Å²) in [7, 11) is 0. The minimum atomic E-state index is -0.936. The topological polar surface area (TPSA) is 102 Å². The Labute approximate surface area is 416 Å². The van der Waals surface area contributed by atoms with Gasteiger partial charge in [-0.05, 0) is 136 Å². The molecule has 0 spiro atoms. The van der Waals surface area contributed by atoms with Gasteiger partial charge in [0.05, 0.1) is 0 Å². The maximum atomic E-state index is 12.5. The van der Waals surface area contributed by atoms with E-state index in [1.165, 1.54) is 96.3 Å². The molecular formula is C54H92N2O7U-2. The molecule has 0 aromatic heterocycles. The Bertz CT molecular complexity index is 1230. The number of hydrogen-bond donors (Lipinski definition) is 0. The number of hydrogen-bond acceptors (Lipinski definition) is 9. The van der Waals surface area contributed by atoms with Crippen LogP contribution in [0, 0.1) is 38.0 Å². The van der Waals surface area contributed by atoms with Gasteiger partial charge in [0.2, 0.25) is 0 Å². The van der Waals surface area contributed by atoms with E-state index in [0.29, 0.717) is 19.3 Å². The number of esters is 3. The number of carbonyl (C=O) groups excluding carboxylic acids is 4. The van der Waals surface area contributed by atoms with Crippen LogP contribution in [-0.2, 0) is 33.4 Å². The molecule has 0 saturated carbocycles. The zero-order valence-corrected chi connectivity index (χ0v) is 45.1. The van der Waals surface area contributed by atoms with Gasteiger partial charge in [-0.2, -0.15) is 6.42 Å². The minimum Gasteiger partial charge on any atom is -0.542 e. The van der Waals surface area contributed by atoms with E-state index in [0.717, 1.165) is 103 Å². The van der Waals surface area contributed by atoms with E-state index in [2.05, 4.69) is 79.2 Å². The van der Waals surface area contributed by atoms with E-state index >= 15 is 0 Å². The first kappa shape index (κ1) is 62.0. The van der Waals surface area contributed by atoms with Gasteiger partial charge in [0.25, 0.3) is 0 Å². The van der Waals surface area contributed by atoms with Gasteiger partial charge in [-0.1, -0.05) is 133 Å². The number of ether oxygens (including phenoxy) is 3. The number of likely N-dealkylation sites (tertiary alicyclic amines) is 2. The molecule has 0 aromatic carbocycles. The second-order valence-electron chi connectivity index (χ2n) is 17.4. The molecule has 2 aliphatic heterocycles. The van der Waals surface area contributed by atoms with Crippen molar-refractivity contribution in [1.82, 2.24) is 9.80 Å². The maximum absolute atomic E-state index is 12.5. The molecule has 0 aromatic rings. The predicted octanol–water partition coefficient (Wildman–Crippen LogP) is 12.9. The zero-order chi connectivity index (χ0) is 45.7. The molecule has 2 atom stereocenters. The van der Waals surface area contributed by atoms with E-state index in [4.69, 9.17) is 14.2 Å². The van der Waals surface area contributed by atoms with Crippen LogP contribution in [0.2, 0.25) is 0 Å². The summed E-state index contributed by atoms with van der Waals surface area (Å²) >= 11 is 0. The van der Waals surface area contributed by atoms with E-state index in [1.807, 2.05) is 6.29 Å². The van der Waals surface area contributed by atoms with Crippen molar-refractivity contribution in [1.29, 1.82) is 0 Å². The van der Waals surface area contributed by atoms with Crippen LogP contribution in [-0.4, -0.2) is 92.1 Å². The fourth-order valence-electron chi connectivity index (χ4n) is 7.19. The number of carbonyl (C=O) groups is 3. The van der Waals surface area contributed by atoms with Gasteiger partial charge in [0.1, 0.15) is 12.7 Å². The van der Waals surface area contributed by atoms with Gasteiger partial charge >= 0.3 is 17.9 Å². The normalized spacial score (nSPS) is 15.0. The molecule has 10 heteroatoms. The summed E-state index contributed by atoms with van der Waals surface area (Å²) < 4.78 is 16.5. The maximum Gasteiger partial charge on any atom is 0.306 e.